The molecule has 0 aliphatic heterocycles. The van der Waals surface area contributed by atoms with Crippen LogP contribution in [0.4, 0.5) is 5.69 Å². The van der Waals surface area contributed by atoms with Crippen molar-refractivity contribution in [2.24, 2.45) is 0 Å². The standard InChI is InChI=1S/C11H13ClN2O2S2/c1-3-16-11(17)18-7-9(15)14(2)8-5-4-6-13-10(8)12/h4-6H,3,7H2,1-2H3. The van der Waals surface area contributed by atoms with E-state index in [0.29, 0.717) is 21.8 Å². The molecule has 0 aliphatic carbocycles. The third-order valence-electron chi connectivity index (χ3n) is 2.05. The number of hydrogen-bond acceptors (Lipinski definition) is 5. The molecule has 98 valence electrons. The van der Waals surface area contributed by atoms with Crippen molar-refractivity contribution in [2.75, 3.05) is 24.3 Å². The first-order valence-electron chi connectivity index (χ1n) is 5.23. The predicted molar refractivity (Wildman–Crippen MR) is 79.3 cm³/mol. The van der Waals surface area contributed by atoms with Gasteiger partial charge in [0.05, 0.1) is 18.0 Å². The Hall–Kier alpha value is -0.850. The van der Waals surface area contributed by atoms with E-state index in [1.54, 1.807) is 25.4 Å². The molecule has 0 aliphatic rings. The third-order valence-corrected chi connectivity index (χ3v) is 3.56. The first-order chi connectivity index (χ1) is 8.56. The maximum atomic E-state index is 11.9. The number of pyridine rings is 1. The van der Waals surface area contributed by atoms with Gasteiger partial charge in [0, 0.05) is 13.2 Å². The van der Waals surface area contributed by atoms with Gasteiger partial charge in [-0.2, -0.15) is 0 Å². The van der Waals surface area contributed by atoms with Gasteiger partial charge in [0.15, 0.2) is 5.15 Å². The number of halogens is 1. The summed E-state index contributed by atoms with van der Waals surface area (Å²) in [6, 6.07) is 3.46. The van der Waals surface area contributed by atoms with Crippen molar-refractivity contribution in [3.8, 4) is 0 Å². The smallest absolute Gasteiger partial charge is 0.237 e. The molecular formula is C11H13ClN2O2S2. The Labute approximate surface area is 121 Å². The van der Waals surface area contributed by atoms with Crippen LogP contribution >= 0.6 is 35.6 Å². The zero-order valence-corrected chi connectivity index (χ0v) is 12.4. The summed E-state index contributed by atoms with van der Waals surface area (Å²) in [5.41, 5.74) is 0.576. The van der Waals surface area contributed by atoms with E-state index in [1.807, 2.05) is 6.92 Å². The highest BCUT2D eigenvalue weighted by molar-refractivity contribution is 8.23. The molecular weight excluding hydrogens is 292 g/mol. The van der Waals surface area contributed by atoms with E-state index in [1.165, 1.54) is 16.7 Å². The maximum absolute atomic E-state index is 11.9. The summed E-state index contributed by atoms with van der Waals surface area (Å²) in [4.78, 5) is 17.3. The van der Waals surface area contributed by atoms with Crippen molar-refractivity contribution in [1.29, 1.82) is 0 Å². The topological polar surface area (TPSA) is 42.4 Å². The van der Waals surface area contributed by atoms with E-state index >= 15 is 0 Å². The van der Waals surface area contributed by atoms with Gasteiger partial charge in [-0.05, 0) is 31.3 Å². The van der Waals surface area contributed by atoms with Crippen LogP contribution in [0.2, 0.25) is 5.15 Å². The van der Waals surface area contributed by atoms with Crippen LogP contribution < -0.4 is 4.90 Å². The number of rotatable bonds is 4. The lowest BCUT2D eigenvalue weighted by molar-refractivity contribution is -0.115. The second-order valence-corrected chi connectivity index (χ2v) is 5.17. The summed E-state index contributed by atoms with van der Waals surface area (Å²) >= 11 is 12.0. The number of thioether (sulfide) groups is 1. The van der Waals surface area contributed by atoms with Gasteiger partial charge in [0.1, 0.15) is 0 Å². The number of anilines is 1. The van der Waals surface area contributed by atoms with Gasteiger partial charge in [-0.25, -0.2) is 4.98 Å². The average molecular weight is 305 g/mol. The SMILES string of the molecule is CCOC(=S)SCC(=O)N(C)c1cccnc1Cl. The number of carbonyl (C=O) groups is 1. The first-order valence-corrected chi connectivity index (χ1v) is 7.00. The first kappa shape index (κ1) is 15.2. The second kappa shape index (κ2) is 7.56. The van der Waals surface area contributed by atoms with Crippen molar-refractivity contribution in [2.45, 2.75) is 6.92 Å². The third kappa shape index (κ3) is 4.44. The van der Waals surface area contributed by atoms with Crippen LogP contribution in [0.5, 0.6) is 0 Å². The van der Waals surface area contributed by atoms with E-state index in [2.05, 4.69) is 4.98 Å². The summed E-state index contributed by atoms with van der Waals surface area (Å²) < 4.78 is 5.46. The summed E-state index contributed by atoms with van der Waals surface area (Å²) in [6.45, 7) is 2.35. The number of amides is 1. The number of aromatic nitrogens is 1. The van der Waals surface area contributed by atoms with E-state index in [4.69, 9.17) is 28.6 Å². The fourth-order valence-electron chi connectivity index (χ4n) is 1.14. The Morgan fingerprint density at radius 3 is 3.00 bits per heavy atom. The van der Waals surface area contributed by atoms with Gasteiger partial charge in [-0.1, -0.05) is 23.4 Å². The molecule has 1 aromatic heterocycles. The van der Waals surface area contributed by atoms with Gasteiger partial charge < -0.3 is 9.64 Å². The normalized spacial score (nSPS) is 9.94. The second-order valence-electron chi connectivity index (χ2n) is 3.24. The Balaban J connectivity index is 2.57. The number of carbonyl (C=O) groups excluding carboxylic acids is 1. The Morgan fingerprint density at radius 2 is 2.39 bits per heavy atom. The fourth-order valence-corrected chi connectivity index (χ4v) is 2.32. The summed E-state index contributed by atoms with van der Waals surface area (Å²) in [6.07, 6.45) is 1.57. The minimum absolute atomic E-state index is 0.114. The number of ether oxygens (including phenoxy) is 1. The van der Waals surface area contributed by atoms with Crippen molar-refractivity contribution in [3.05, 3.63) is 23.5 Å². The lowest BCUT2D eigenvalue weighted by Gasteiger charge is -2.17. The molecule has 0 fully saturated rings. The number of nitrogens with zero attached hydrogens (tertiary/aromatic N) is 2. The monoisotopic (exact) mass is 304 g/mol. The van der Waals surface area contributed by atoms with Gasteiger partial charge in [0.2, 0.25) is 10.3 Å². The van der Waals surface area contributed by atoms with Crippen LogP contribution in [-0.4, -0.2) is 34.7 Å². The highest BCUT2D eigenvalue weighted by atomic mass is 35.5. The van der Waals surface area contributed by atoms with Gasteiger partial charge in [-0.15, -0.1) is 0 Å². The average Bonchev–Trinajstić information content (AvgIpc) is 2.36. The number of hydrogen-bond donors (Lipinski definition) is 0. The molecule has 4 nitrogen and oxygen atoms in total. The van der Waals surface area contributed by atoms with Crippen LogP contribution in [0.1, 0.15) is 6.92 Å². The lowest BCUT2D eigenvalue weighted by Crippen LogP contribution is -2.28. The minimum atomic E-state index is -0.114. The van der Waals surface area contributed by atoms with Crippen LogP contribution in [-0.2, 0) is 9.53 Å². The van der Waals surface area contributed by atoms with Gasteiger partial charge in [-0.3, -0.25) is 4.79 Å². The molecule has 0 unspecified atom stereocenters. The van der Waals surface area contributed by atoms with Gasteiger partial charge >= 0.3 is 0 Å². The molecule has 0 bridgehead atoms. The zero-order chi connectivity index (χ0) is 13.5. The zero-order valence-electron chi connectivity index (χ0n) is 10.1. The van der Waals surface area contributed by atoms with Crippen LogP contribution in [0, 0.1) is 0 Å². The molecule has 0 spiro atoms. The van der Waals surface area contributed by atoms with Crippen molar-refractivity contribution in [1.82, 2.24) is 4.98 Å². The molecule has 18 heavy (non-hydrogen) atoms. The largest absolute Gasteiger partial charge is 0.479 e. The van der Waals surface area contributed by atoms with Crippen LogP contribution in [0.15, 0.2) is 18.3 Å². The summed E-state index contributed by atoms with van der Waals surface area (Å²) in [5, 5.41) is 0.297. The molecule has 0 saturated carbocycles. The summed E-state index contributed by atoms with van der Waals surface area (Å²) in [7, 11) is 1.65. The molecule has 0 N–H and O–H groups in total. The fraction of sp³-hybridized carbons (Fsp3) is 0.364. The lowest BCUT2D eigenvalue weighted by atomic mass is 10.4. The maximum Gasteiger partial charge on any atom is 0.237 e. The molecule has 0 radical (unpaired) electrons. The summed E-state index contributed by atoms with van der Waals surface area (Å²) in [5.74, 6) is 0.0950. The van der Waals surface area contributed by atoms with Crippen LogP contribution in [0.25, 0.3) is 0 Å². The van der Waals surface area contributed by atoms with Gasteiger partial charge in [0.25, 0.3) is 0 Å². The molecule has 0 aromatic carbocycles. The molecule has 7 heteroatoms. The molecule has 1 amide bonds. The Morgan fingerprint density at radius 1 is 1.67 bits per heavy atom. The predicted octanol–water partition coefficient (Wildman–Crippen LogP) is 2.75. The Bertz CT molecular complexity index is 443. The highest BCUT2D eigenvalue weighted by Crippen LogP contribution is 2.22. The molecule has 0 saturated heterocycles. The molecule has 1 heterocycles. The van der Waals surface area contributed by atoms with Crippen molar-refractivity contribution < 1.29 is 9.53 Å². The van der Waals surface area contributed by atoms with Crippen LogP contribution in [0.3, 0.4) is 0 Å². The highest BCUT2D eigenvalue weighted by Gasteiger charge is 2.15. The molecule has 1 aromatic rings. The molecule has 1 rings (SSSR count). The van der Waals surface area contributed by atoms with Crippen molar-refractivity contribution >= 4 is 51.6 Å². The van der Waals surface area contributed by atoms with E-state index in [0.717, 1.165) is 0 Å². The Kier molecular flexibility index (Phi) is 6.38. The minimum Gasteiger partial charge on any atom is -0.479 e. The molecule has 0 atom stereocenters. The quantitative estimate of drug-likeness (QED) is 0.632. The number of thiocarbonyl (C=S) groups is 1. The van der Waals surface area contributed by atoms with Crippen molar-refractivity contribution in [3.63, 3.8) is 0 Å². The van der Waals surface area contributed by atoms with E-state index in [9.17, 15) is 4.79 Å². The van der Waals surface area contributed by atoms with E-state index < -0.39 is 0 Å². The van der Waals surface area contributed by atoms with E-state index in [-0.39, 0.29) is 11.7 Å².